The third-order valence-electron chi connectivity index (χ3n) is 2.72. The standard InChI is InChI=1S/C12H14F6N2O/c13-11(14,15)7-20(3-4-21)9-1-2-10(12(16,17)18)8(5-9)6-19/h1-2,5,21H,3-4,6-7,19H2. The number of aliphatic hydroxyl groups is 1. The van der Waals surface area contributed by atoms with Gasteiger partial charge < -0.3 is 15.7 Å². The summed E-state index contributed by atoms with van der Waals surface area (Å²) in [7, 11) is 0. The van der Waals surface area contributed by atoms with Crippen molar-refractivity contribution >= 4 is 5.69 Å². The first-order chi connectivity index (χ1) is 9.58. The van der Waals surface area contributed by atoms with Crippen LogP contribution >= 0.6 is 0 Å². The third-order valence-corrected chi connectivity index (χ3v) is 2.72. The molecule has 0 saturated heterocycles. The van der Waals surface area contributed by atoms with Crippen LogP contribution in [0, 0.1) is 0 Å². The Morgan fingerprint density at radius 2 is 1.71 bits per heavy atom. The SMILES string of the molecule is NCc1cc(N(CCO)CC(F)(F)F)ccc1C(F)(F)F. The van der Waals surface area contributed by atoms with Gasteiger partial charge in [0.2, 0.25) is 0 Å². The van der Waals surface area contributed by atoms with E-state index in [1.165, 1.54) is 0 Å². The molecule has 120 valence electrons. The summed E-state index contributed by atoms with van der Waals surface area (Å²) in [5, 5.41) is 8.79. The quantitative estimate of drug-likeness (QED) is 0.821. The van der Waals surface area contributed by atoms with Crippen molar-refractivity contribution < 1.29 is 31.4 Å². The van der Waals surface area contributed by atoms with E-state index >= 15 is 0 Å². The first-order valence-electron chi connectivity index (χ1n) is 5.91. The maximum atomic E-state index is 12.7. The Bertz CT molecular complexity index is 472. The van der Waals surface area contributed by atoms with Crippen LogP contribution in [0.25, 0.3) is 0 Å². The molecular formula is C12H14F6N2O. The van der Waals surface area contributed by atoms with Crippen LogP contribution in [-0.2, 0) is 12.7 Å². The molecule has 0 aliphatic heterocycles. The molecule has 21 heavy (non-hydrogen) atoms. The summed E-state index contributed by atoms with van der Waals surface area (Å²) >= 11 is 0. The molecule has 0 radical (unpaired) electrons. The highest BCUT2D eigenvalue weighted by Crippen LogP contribution is 2.34. The van der Waals surface area contributed by atoms with Gasteiger partial charge in [0.25, 0.3) is 0 Å². The van der Waals surface area contributed by atoms with Gasteiger partial charge in [-0.25, -0.2) is 0 Å². The highest BCUT2D eigenvalue weighted by molar-refractivity contribution is 5.52. The van der Waals surface area contributed by atoms with Gasteiger partial charge in [0.1, 0.15) is 6.54 Å². The minimum absolute atomic E-state index is 0.0742. The lowest BCUT2D eigenvalue weighted by molar-refractivity contribution is -0.138. The van der Waals surface area contributed by atoms with Gasteiger partial charge in [-0.1, -0.05) is 0 Å². The number of aliphatic hydroxyl groups excluding tert-OH is 1. The number of halogens is 6. The fourth-order valence-electron chi connectivity index (χ4n) is 1.86. The van der Waals surface area contributed by atoms with Gasteiger partial charge in [-0.05, 0) is 23.8 Å². The van der Waals surface area contributed by atoms with Crippen molar-refractivity contribution in [3.8, 4) is 0 Å². The average molecular weight is 316 g/mol. The maximum absolute atomic E-state index is 12.7. The minimum Gasteiger partial charge on any atom is -0.395 e. The zero-order valence-corrected chi connectivity index (χ0v) is 10.8. The Balaban J connectivity index is 3.16. The monoisotopic (exact) mass is 316 g/mol. The van der Waals surface area contributed by atoms with Crippen LogP contribution in [-0.4, -0.2) is 31.0 Å². The third kappa shape index (κ3) is 5.09. The van der Waals surface area contributed by atoms with E-state index in [9.17, 15) is 26.3 Å². The van der Waals surface area contributed by atoms with E-state index in [4.69, 9.17) is 10.8 Å². The molecule has 0 unspecified atom stereocenters. The lowest BCUT2D eigenvalue weighted by Crippen LogP contribution is -2.36. The van der Waals surface area contributed by atoms with Crippen LogP contribution in [0.4, 0.5) is 32.0 Å². The predicted molar refractivity (Wildman–Crippen MR) is 64.7 cm³/mol. The highest BCUT2D eigenvalue weighted by atomic mass is 19.4. The van der Waals surface area contributed by atoms with E-state index in [2.05, 4.69) is 0 Å². The Labute approximate surface area is 117 Å². The van der Waals surface area contributed by atoms with Crippen LogP contribution in [0.1, 0.15) is 11.1 Å². The van der Waals surface area contributed by atoms with E-state index in [1.54, 1.807) is 0 Å². The highest BCUT2D eigenvalue weighted by Gasteiger charge is 2.34. The number of rotatable bonds is 5. The van der Waals surface area contributed by atoms with Crippen molar-refractivity contribution in [1.82, 2.24) is 0 Å². The second-order valence-corrected chi connectivity index (χ2v) is 4.30. The van der Waals surface area contributed by atoms with Crippen LogP contribution in [0.3, 0.4) is 0 Å². The van der Waals surface area contributed by atoms with Gasteiger partial charge >= 0.3 is 12.4 Å². The number of alkyl halides is 6. The molecule has 9 heteroatoms. The van der Waals surface area contributed by atoms with Gasteiger partial charge in [-0.3, -0.25) is 0 Å². The van der Waals surface area contributed by atoms with Gasteiger partial charge in [0.05, 0.1) is 12.2 Å². The predicted octanol–water partition coefficient (Wildman–Crippen LogP) is 2.53. The number of nitrogens with two attached hydrogens (primary N) is 1. The molecule has 3 N–H and O–H groups in total. The number of benzene rings is 1. The largest absolute Gasteiger partial charge is 0.416 e. The van der Waals surface area contributed by atoms with Crippen LogP contribution in [0.2, 0.25) is 0 Å². The number of nitrogens with zero attached hydrogens (tertiary/aromatic N) is 1. The Hall–Kier alpha value is -1.48. The minimum atomic E-state index is -4.63. The summed E-state index contributed by atoms with van der Waals surface area (Å²) in [6.07, 6.45) is -9.17. The van der Waals surface area contributed by atoms with Crippen molar-refractivity contribution in [2.45, 2.75) is 18.9 Å². The molecule has 0 aliphatic carbocycles. The Morgan fingerprint density at radius 3 is 2.14 bits per heavy atom. The fourth-order valence-corrected chi connectivity index (χ4v) is 1.86. The molecule has 0 bridgehead atoms. The molecule has 3 nitrogen and oxygen atoms in total. The van der Waals surface area contributed by atoms with Crippen LogP contribution in [0.15, 0.2) is 18.2 Å². The molecule has 0 heterocycles. The molecule has 0 aliphatic rings. The van der Waals surface area contributed by atoms with Crippen molar-refractivity contribution in [3.05, 3.63) is 29.3 Å². The lowest BCUT2D eigenvalue weighted by Gasteiger charge is -2.26. The fraction of sp³-hybridized carbons (Fsp3) is 0.500. The van der Waals surface area contributed by atoms with Crippen molar-refractivity contribution in [3.63, 3.8) is 0 Å². The van der Waals surface area contributed by atoms with Gasteiger partial charge in [-0.15, -0.1) is 0 Å². The Morgan fingerprint density at radius 1 is 1.10 bits per heavy atom. The molecule has 1 aromatic carbocycles. The molecular weight excluding hydrogens is 302 g/mol. The summed E-state index contributed by atoms with van der Waals surface area (Å²) in [5.41, 5.74) is 3.87. The molecule has 0 fully saturated rings. The summed E-state index contributed by atoms with van der Waals surface area (Å²) in [5.74, 6) is 0. The van der Waals surface area contributed by atoms with Crippen molar-refractivity contribution in [1.29, 1.82) is 0 Å². The topological polar surface area (TPSA) is 49.5 Å². The number of anilines is 1. The lowest BCUT2D eigenvalue weighted by atomic mass is 10.1. The van der Waals surface area contributed by atoms with Crippen LogP contribution in [0.5, 0.6) is 0 Å². The number of hydrogen-bond acceptors (Lipinski definition) is 3. The summed E-state index contributed by atoms with van der Waals surface area (Å²) < 4.78 is 75.4. The zero-order chi connectivity index (χ0) is 16.3. The molecule has 0 saturated carbocycles. The molecule has 0 atom stereocenters. The average Bonchev–Trinajstić information content (AvgIpc) is 2.35. The maximum Gasteiger partial charge on any atom is 0.416 e. The van der Waals surface area contributed by atoms with Crippen LogP contribution < -0.4 is 10.6 Å². The summed E-state index contributed by atoms with van der Waals surface area (Å²) in [6, 6.07) is 2.59. The van der Waals surface area contributed by atoms with E-state index in [-0.39, 0.29) is 17.8 Å². The smallest absolute Gasteiger partial charge is 0.395 e. The molecule has 1 aromatic rings. The van der Waals surface area contributed by atoms with Crippen molar-refractivity contribution in [2.75, 3.05) is 24.6 Å². The summed E-state index contributed by atoms with van der Waals surface area (Å²) in [4.78, 5) is 0.749. The normalized spacial score (nSPS) is 12.6. The molecule has 1 rings (SSSR count). The van der Waals surface area contributed by atoms with Gasteiger partial charge in [0.15, 0.2) is 0 Å². The second kappa shape index (κ2) is 6.52. The Kier molecular flexibility index (Phi) is 5.46. The summed E-state index contributed by atoms with van der Waals surface area (Å²) in [6.45, 7) is -2.74. The van der Waals surface area contributed by atoms with E-state index in [0.29, 0.717) is 6.07 Å². The van der Waals surface area contributed by atoms with Gasteiger partial charge in [-0.2, -0.15) is 26.3 Å². The van der Waals surface area contributed by atoms with E-state index in [0.717, 1.165) is 17.0 Å². The van der Waals surface area contributed by atoms with Gasteiger partial charge in [0, 0.05) is 18.8 Å². The first kappa shape index (κ1) is 17.6. The second-order valence-electron chi connectivity index (χ2n) is 4.30. The number of hydrogen-bond donors (Lipinski definition) is 2. The van der Waals surface area contributed by atoms with E-state index < -0.39 is 37.6 Å². The molecule has 0 amide bonds. The van der Waals surface area contributed by atoms with E-state index in [1.807, 2.05) is 0 Å². The van der Waals surface area contributed by atoms with Crippen molar-refractivity contribution in [2.24, 2.45) is 5.73 Å². The first-order valence-corrected chi connectivity index (χ1v) is 5.91. The molecule has 0 spiro atoms. The molecule has 0 aromatic heterocycles. The zero-order valence-electron chi connectivity index (χ0n) is 10.8.